The zero-order valence-electron chi connectivity index (χ0n) is 33.0. The molecule has 0 aliphatic carbocycles. The minimum Gasteiger partial charge on any atom is -0.309 e. The Hall–Kier alpha value is -8.14. The van der Waals surface area contributed by atoms with E-state index in [1.807, 2.05) is 12.1 Å². The van der Waals surface area contributed by atoms with Gasteiger partial charge in [0.15, 0.2) is 5.82 Å². The SMILES string of the molecule is c1ccc(-c2cc(-c3ccccc3)nc(-c3cccc(-n4c5cc6c7ccccc7c7ccccc7c6cc5c5cc6c7ccccc7c7ccccc7c6cc54)c3)n2)cc1. The first-order chi connectivity index (χ1) is 30.2. The lowest BCUT2D eigenvalue weighted by Crippen LogP contribution is -1.98. The molecule has 13 aromatic rings. The predicted octanol–water partition coefficient (Wildman–Crippen LogP) is 15.5. The van der Waals surface area contributed by atoms with Crippen LogP contribution in [0.3, 0.4) is 0 Å². The fourth-order valence-corrected chi connectivity index (χ4v) is 9.96. The van der Waals surface area contributed by atoms with Crippen molar-refractivity contribution in [1.82, 2.24) is 14.5 Å². The highest BCUT2D eigenvalue weighted by atomic mass is 15.0. The van der Waals surface area contributed by atoms with E-state index in [1.165, 1.54) is 75.4 Å². The van der Waals surface area contributed by atoms with Crippen LogP contribution in [0.5, 0.6) is 0 Å². The first kappa shape index (κ1) is 33.8. The van der Waals surface area contributed by atoms with E-state index in [0.29, 0.717) is 5.82 Å². The predicted molar refractivity (Wildman–Crippen MR) is 258 cm³/mol. The molecule has 0 saturated carbocycles. The Morgan fingerprint density at radius 2 is 0.590 bits per heavy atom. The van der Waals surface area contributed by atoms with Gasteiger partial charge in [-0.15, -0.1) is 0 Å². The highest BCUT2D eigenvalue weighted by molar-refractivity contribution is 6.32. The summed E-state index contributed by atoms with van der Waals surface area (Å²) in [7, 11) is 0. The maximum absolute atomic E-state index is 5.23. The lowest BCUT2D eigenvalue weighted by molar-refractivity contribution is 1.16. The summed E-state index contributed by atoms with van der Waals surface area (Å²) >= 11 is 0. The van der Waals surface area contributed by atoms with E-state index >= 15 is 0 Å². The molecule has 0 saturated heterocycles. The van der Waals surface area contributed by atoms with E-state index in [1.54, 1.807) is 0 Å². The van der Waals surface area contributed by atoms with Crippen molar-refractivity contribution in [3.63, 3.8) is 0 Å². The summed E-state index contributed by atoms with van der Waals surface area (Å²) < 4.78 is 2.47. The second kappa shape index (κ2) is 13.2. The van der Waals surface area contributed by atoms with Crippen LogP contribution in [0.2, 0.25) is 0 Å². The monoisotopic (exact) mass is 773 g/mol. The van der Waals surface area contributed by atoms with Gasteiger partial charge in [-0.2, -0.15) is 0 Å². The molecule has 282 valence electrons. The van der Waals surface area contributed by atoms with Crippen LogP contribution in [0, 0.1) is 0 Å². The summed E-state index contributed by atoms with van der Waals surface area (Å²) in [6.45, 7) is 0. The molecule has 3 heteroatoms. The van der Waals surface area contributed by atoms with Crippen molar-refractivity contribution in [2.75, 3.05) is 0 Å². The Bertz CT molecular complexity index is 3690. The molecule has 3 nitrogen and oxygen atoms in total. The van der Waals surface area contributed by atoms with Crippen LogP contribution in [0.25, 0.3) is 126 Å². The van der Waals surface area contributed by atoms with Crippen molar-refractivity contribution in [3.05, 3.63) is 212 Å². The van der Waals surface area contributed by atoms with Crippen LogP contribution < -0.4 is 0 Å². The molecule has 0 spiro atoms. The van der Waals surface area contributed by atoms with Gasteiger partial charge in [-0.05, 0) is 107 Å². The van der Waals surface area contributed by atoms with E-state index in [-0.39, 0.29) is 0 Å². The Morgan fingerprint density at radius 1 is 0.246 bits per heavy atom. The van der Waals surface area contributed by atoms with Crippen LogP contribution in [0.15, 0.2) is 212 Å². The topological polar surface area (TPSA) is 30.7 Å². The van der Waals surface area contributed by atoms with Gasteiger partial charge >= 0.3 is 0 Å². The smallest absolute Gasteiger partial charge is 0.160 e. The summed E-state index contributed by atoms with van der Waals surface area (Å²) in [5, 5.41) is 17.6. The molecule has 0 amide bonds. The normalized spacial score (nSPS) is 11.9. The summed E-state index contributed by atoms with van der Waals surface area (Å²) in [5.74, 6) is 0.689. The third-order valence-corrected chi connectivity index (χ3v) is 12.7. The van der Waals surface area contributed by atoms with Gasteiger partial charge in [0.25, 0.3) is 0 Å². The zero-order chi connectivity index (χ0) is 40.0. The molecule has 61 heavy (non-hydrogen) atoms. The van der Waals surface area contributed by atoms with E-state index in [2.05, 4.69) is 205 Å². The Labute approximate surface area is 351 Å². The molecule has 0 N–H and O–H groups in total. The number of hydrogen-bond donors (Lipinski definition) is 0. The second-order valence-corrected chi connectivity index (χ2v) is 16.1. The maximum atomic E-state index is 5.23. The highest BCUT2D eigenvalue weighted by Gasteiger charge is 2.20. The second-order valence-electron chi connectivity index (χ2n) is 16.1. The Kier molecular flexibility index (Phi) is 7.31. The third kappa shape index (κ3) is 5.17. The Balaban J connectivity index is 1.15. The zero-order valence-corrected chi connectivity index (χ0v) is 33.0. The lowest BCUT2D eigenvalue weighted by Gasteiger charge is -2.14. The van der Waals surface area contributed by atoms with E-state index in [0.717, 1.165) is 44.8 Å². The van der Waals surface area contributed by atoms with Crippen LogP contribution in [-0.4, -0.2) is 14.5 Å². The van der Waals surface area contributed by atoms with E-state index < -0.39 is 0 Å². The third-order valence-electron chi connectivity index (χ3n) is 12.7. The summed E-state index contributed by atoms with van der Waals surface area (Å²) in [6, 6.07) is 76.9. The number of hydrogen-bond acceptors (Lipinski definition) is 2. The molecule has 0 atom stereocenters. The van der Waals surface area contributed by atoms with Crippen LogP contribution in [0.1, 0.15) is 0 Å². The molecule has 0 aliphatic heterocycles. The highest BCUT2D eigenvalue weighted by Crippen LogP contribution is 2.44. The molecule has 0 unspecified atom stereocenters. The van der Waals surface area contributed by atoms with Crippen molar-refractivity contribution < 1.29 is 0 Å². The summed E-state index contributed by atoms with van der Waals surface area (Å²) in [4.78, 5) is 10.5. The quantitative estimate of drug-likeness (QED) is 0.167. The first-order valence-corrected chi connectivity index (χ1v) is 20.9. The van der Waals surface area contributed by atoms with Gasteiger partial charge in [-0.3, -0.25) is 0 Å². The average Bonchev–Trinajstić information content (AvgIpc) is 3.65. The minimum absolute atomic E-state index is 0.689. The number of benzene rings is 11. The van der Waals surface area contributed by atoms with Crippen molar-refractivity contribution in [1.29, 1.82) is 0 Å². The molecule has 11 aromatic carbocycles. The molecular formula is C58H35N3. The standard InChI is InChI=1S/C58H35N3/c1-3-16-36(17-4-1)54-35-55(37-18-5-2-6-19-37)60-58(59-54)38-20-15-21-39(30-38)61-56-33-50-46-28-13-9-24-42(46)40-22-7-11-26-44(40)48(50)31-52(56)53-32-49-45-27-12-8-23-41(45)43-25-10-14-29-47(43)51(49)34-57(53)61/h1-35H. The fraction of sp³-hybridized carbons (Fsp3) is 0. The molecule has 2 heterocycles. The van der Waals surface area contributed by atoms with Gasteiger partial charge in [0.05, 0.1) is 22.4 Å². The molecule has 13 rings (SSSR count). The molecule has 0 bridgehead atoms. The van der Waals surface area contributed by atoms with Crippen molar-refractivity contribution in [2.24, 2.45) is 0 Å². The number of fused-ring (bicyclic) bond motifs is 15. The van der Waals surface area contributed by atoms with Gasteiger partial charge in [-0.1, -0.05) is 170 Å². The molecule has 2 aromatic heterocycles. The van der Waals surface area contributed by atoms with Crippen molar-refractivity contribution in [2.45, 2.75) is 0 Å². The van der Waals surface area contributed by atoms with Crippen LogP contribution in [0.4, 0.5) is 0 Å². The van der Waals surface area contributed by atoms with Crippen molar-refractivity contribution >= 4 is 86.4 Å². The van der Waals surface area contributed by atoms with Crippen LogP contribution in [-0.2, 0) is 0 Å². The summed E-state index contributed by atoms with van der Waals surface area (Å²) in [5.41, 5.74) is 8.23. The first-order valence-electron chi connectivity index (χ1n) is 20.9. The fourth-order valence-electron chi connectivity index (χ4n) is 9.96. The van der Waals surface area contributed by atoms with Gasteiger partial charge in [0, 0.05) is 33.2 Å². The van der Waals surface area contributed by atoms with E-state index in [4.69, 9.17) is 9.97 Å². The number of nitrogens with zero attached hydrogens (tertiary/aromatic N) is 3. The number of rotatable bonds is 4. The molecule has 0 aliphatic rings. The summed E-state index contributed by atoms with van der Waals surface area (Å²) in [6.07, 6.45) is 0. The Morgan fingerprint density at radius 3 is 1.00 bits per heavy atom. The van der Waals surface area contributed by atoms with Gasteiger partial charge in [0.2, 0.25) is 0 Å². The average molecular weight is 774 g/mol. The van der Waals surface area contributed by atoms with Gasteiger partial charge in [0.1, 0.15) is 0 Å². The minimum atomic E-state index is 0.689. The van der Waals surface area contributed by atoms with Crippen molar-refractivity contribution in [3.8, 4) is 39.6 Å². The van der Waals surface area contributed by atoms with E-state index in [9.17, 15) is 0 Å². The van der Waals surface area contributed by atoms with Gasteiger partial charge < -0.3 is 4.57 Å². The molecular weight excluding hydrogens is 739 g/mol. The number of aromatic nitrogens is 3. The largest absolute Gasteiger partial charge is 0.309 e. The lowest BCUT2D eigenvalue weighted by atomic mass is 9.92. The van der Waals surface area contributed by atoms with Crippen LogP contribution >= 0.6 is 0 Å². The molecule has 0 fully saturated rings. The molecule has 0 radical (unpaired) electrons. The maximum Gasteiger partial charge on any atom is 0.160 e. The van der Waals surface area contributed by atoms with Gasteiger partial charge in [-0.25, -0.2) is 9.97 Å².